The van der Waals surface area contributed by atoms with Crippen LogP contribution in [-0.4, -0.2) is 31.8 Å². The van der Waals surface area contributed by atoms with Crippen molar-refractivity contribution >= 4 is 5.65 Å². The number of nitrogens with zero attached hydrogens (tertiary/aromatic N) is 3. The van der Waals surface area contributed by atoms with Gasteiger partial charge in [-0.15, -0.1) is 10.2 Å². The minimum atomic E-state index is -0.699. The van der Waals surface area contributed by atoms with Gasteiger partial charge in [0.2, 0.25) is 0 Å². The Morgan fingerprint density at radius 3 is 2.83 bits per heavy atom. The summed E-state index contributed by atoms with van der Waals surface area (Å²) in [6.45, 7) is 0. The second-order valence-corrected chi connectivity index (χ2v) is 5.59. The minimum Gasteiger partial charge on any atom is -0.385 e. The van der Waals surface area contributed by atoms with E-state index in [2.05, 4.69) is 15.5 Å². The van der Waals surface area contributed by atoms with Crippen molar-refractivity contribution in [1.29, 1.82) is 0 Å². The van der Waals surface area contributed by atoms with Crippen molar-refractivity contribution in [3.8, 4) is 0 Å². The van der Waals surface area contributed by atoms with Gasteiger partial charge in [0.05, 0.1) is 5.60 Å². The average molecular weight is 244 g/mol. The summed E-state index contributed by atoms with van der Waals surface area (Å²) in [5, 5.41) is 22.3. The van der Waals surface area contributed by atoms with Gasteiger partial charge in [-0.3, -0.25) is 4.40 Å². The predicted octanol–water partition coefficient (Wildman–Crippen LogP) is 0.831. The van der Waals surface area contributed by atoms with Crippen LogP contribution in [0.2, 0.25) is 0 Å². The van der Waals surface area contributed by atoms with Gasteiger partial charge in [-0.05, 0) is 31.7 Å². The highest BCUT2D eigenvalue weighted by Crippen LogP contribution is 2.40. The molecule has 94 valence electrons. The molecular weight excluding hydrogens is 228 g/mol. The molecule has 0 aliphatic carbocycles. The SMILES string of the molecule is OC1(c2ccc3nncn3c2)CC2CCC(C1)N2. The summed E-state index contributed by atoms with van der Waals surface area (Å²) in [5.74, 6) is 0. The number of fused-ring (bicyclic) bond motifs is 3. The average Bonchev–Trinajstić information content (AvgIpc) is 2.95. The van der Waals surface area contributed by atoms with Gasteiger partial charge in [-0.2, -0.15) is 0 Å². The van der Waals surface area contributed by atoms with Crippen LogP contribution in [0.15, 0.2) is 24.7 Å². The van der Waals surface area contributed by atoms with Gasteiger partial charge in [0.25, 0.3) is 0 Å². The molecule has 0 amide bonds. The number of nitrogens with one attached hydrogen (secondary N) is 1. The molecule has 5 heteroatoms. The fraction of sp³-hybridized carbons (Fsp3) is 0.538. The molecule has 5 nitrogen and oxygen atoms in total. The number of pyridine rings is 1. The maximum absolute atomic E-state index is 10.9. The third-order valence-corrected chi connectivity index (χ3v) is 4.33. The van der Waals surface area contributed by atoms with Gasteiger partial charge in [0.1, 0.15) is 6.33 Å². The minimum absolute atomic E-state index is 0.463. The number of aromatic nitrogens is 3. The molecule has 2 aromatic rings. The lowest BCUT2D eigenvalue weighted by Gasteiger charge is -2.37. The Labute approximate surface area is 105 Å². The zero-order valence-corrected chi connectivity index (χ0v) is 10.1. The molecule has 2 aliphatic heterocycles. The lowest BCUT2D eigenvalue weighted by atomic mass is 9.82. The number of rotatable bonds is 1. The number of hydrogen-bond donors (Lipinski definition) is 2. The third-order valence-electron chi connectivity index (χ3n) is 4.33. The van der Waals surface area contributed by atoms with Gasteiger partial charge in [-0.25, -0.2) is 0 Å². The smallest absolute Gasteiger partial charge is 0.160 e. The van der Waals surface area contributed by atoms with Gasteiger partial charge in [0, 0.05) is 23.8 Å². The van der Waals surface area contributed by atoms with Crippen molar-refractivity contribution in [1.82, 2.24) is 19.9 Å². The molecule has 2 bridgehead atoms. The van der Waals surface area contributed by atoms with Gasteiger partial charge in [0.15, 0.2) is 5.65 Å². The first kappa shape index (κ1) is 10.5. The van der Waals surface area contributed by atoms with Crippen LogP contribution >= 0.6 is 0 Å². The van der Waals surface area contributed by atoms with Gasteiger partial charge < -0.3 is 10.4 Å². The molecule has 0 saturated carbocycles. The fourth-order valence-electron chi connectivity index (χ4n) is 3.46. The van der Waals surface area contributed by atoms with Crippen LogP contribution in [0.25, 0.3) is 5.65 Å². The van der Waals surface area contributed by atoms with E-state index in [4.69, 9.17) is 0 Å². The maximum Gasteiger partial charge on any atom is 0.160 e. The Morgan fingerprint density at radius 2 is 2.06 bits per heavy atom. The van der Waals surface area contributed by atoms with Crippen LogP contribution in [0.5, 0.6) is 0 Å². The molecular formula is C13H16N4O. The molecule has 0 spiro atoms. The molecule has 2 aliphatic rings. The van der Waals surface area contributed by atoms with Crippen molar-refractivity contribution < 1.29 is 5.11 Å². The third kappa shape index (κ3) is 1.47. The molecule has 2 unspecified atom stereocenters. The molecule has 0 aromatic carbocycles. The van der Waals surface area contributed by atoms with Crippen LogP contribution in [0.1, 0.15) is 31.2 Å². The van der Waals surface area contributed by atoms with E-state index < -0.39 is 5.60 Å². The molecule has 2 atom stereocenters. The molecule has 2 N–H and O–H groups in total. The second-order valence-electron chi connectivity index (χ2n) is 5.59. The Balaban J connectivity index is 1.76. The monoisotopic (exact) mass is 244 g/mol. The van der Waals surface area contributed by atoms with E-state index in [-0.39, 0.29) is 0 Å². The topological polar surface area (TPSA) is 62.5 Å². The molecule has 4 heterocycles. The Bertz CT molecular complexity index is 581. The summed E-state index contributed by atoms with van der Waals surface area (Å²) in [6.07, 6.45) is 7.61. The summed E-state index contributed by atoms with van der Waals surface area (Å²) < 4.78 is 1.87. The quantitative estimate of drug-likeness (QED) is 0.780. The van der Waals surface area contributed by atoms with E-state index in [1.165, 1.54) is 12.8 Å². The summed E-state index contributed by atoms with van der Waals surface area (Å²) in [4.78, 5) is 0. The number of hydrogen-bond acceptors (Lipinski definition) is 4. The van der Waals surface area contributed by atoms with Crippen molar-refractivity contribution in [2.75, 3.05) is 0 Å². The molecule has 4 rings (SSSR count). The molecule has 2 fully saturated rings. The van der Waals surface area contributed by atoms with Crippen molar-refractivity contribution in [3.05, 3.63) is 30.2 Å². The first-order valence-corrected chi connectivity index (χ1v) is 6.51. The first-order valence-electron chi connectivity index (χ1n) is 6.51. The summed E-state index contributed by atoms with van der Waals surface area (Å²) in [6, 6.07) is 4.83. The Kier molecular flexibility index (Phi) is 2.05. The van der Waals surface area contributed by atoms with E-state index in [0.29, 0.717) is 12.1 Å². The Hall–Kier alpha value is -1.46. The molecule has 2 saturated heterocycles. The van der Waals surface area contributed by atoms with Crippen LogP contribution in [0.4, 0.5) is 0 Å². The summed E-state index contributed by atoms with van der Waals surface area (Å²) in [5.41, 5.74) is 1.10. The zero-order valence-electron chi connectivity index (χ0n) is 10.1. The van der Waals surface area contributed by atoms with Crippen molar-refractivity contribution in [3.63, 3.8) is 0 Å². The zero-order chi connectivity index (χ0) is 12.2. The van der Waals surface area contributed by atoms with E-state index in [9.17, 15) is 5.11 Å². The second kappa shape index (κ2) is 3.52. The van der Waals surface area contributed by atoms with E-state index in [0.717, 1.165) is 24.1 Å². The lowest BCUT2D eigenvalue weighted by molar-refractivity contribution is -0.0118. The summed E-state index contributed by atoms with van der Waals surface area (Å²) in [7, 11) is 0. The van der Waals surface area contributed by atoms with E-state index in [1.54, 1.807) is 6.33 Å². The highest BCUT2D eigenvalue weighted by Gasteiger charge is 2.43. The van der Waals surface area contributed by atoms with Crippen molar-refractivity contribution in [2.24, 2.45) is 0 Å². The lowest BCUT2D eigenvalue weighted by Crippen LogP contribution is -2.46. The van der Waals surface area contributed by atoms with Crippen LogP contribution in [-0.2, 0) is 5.60 Å². The van der Waals surface area contributed by atoms with Crippen LogP contribution in [0, 0.1) is 0 Å². The van der Waals surface area contributed by atoms with Gasteiger partial charge >= 0.3 is 0 Å². The highest BCUT2D eigenvalue weighted by atomic mass is 16.3. The van der Waals surface area contributed by atoms with E-state index in [1.807, 2.05) is 22.7 Å². The normalized spacial score (nSPS) is 35.2. The Morgan fingerprint density at radius 1 is 1.28 bits per heavy atom. The molecule has 2 aromatic heterocycles. The number of piperidine rings is 1. The molecule has 18 heavy (non-hydrogen) atoms. The first-order chi connectivity index (χ1) is 8.73. The molecule has 0 radical (unpaired) electrons. The van der Waals surface area contributed by atoms with Gasteiger partial charge in [-0.1, -0.05) is 6.07 Å². The maximum atomic E-state index is 10.9. The number of aliphatic hydroxyl groups is 1. The fourth-order valence-corrected chi connectivity index (χ4v) is 3.46. The standard InChI is InChI=1S/C13H16N4O/c18-13(5-10-2-3-11(6-13)15-10)9-1-4-12-16-14-8-17(12)7-9/h1,4,7-8,10-11,15,18H,2-3,5-6H2. The largest absolute Gasteiger partial charge is 0.385 e. The predicted molar refractivity (Wildman–Crippen MR) is 66.1 cm³/mol. The van der Waals surface area contributed by atoms with Crippen LogP contribution in [0.3, 0.4) is 0 Å². The van der Waals surface area contributed by atoms with Crippen molar-refractivity contribution in [2.45, 2.75) is 43.4 Å². The highest BCUT2D eigenvalue weighted by molar-refractivity contribution is 5.39. The van der Waals surface area contributed by atoms with Crippen LogP contribution < -0.4 is 5.32 Å². The summed E-state index contributed by atoms with van der Waals surface area (Å²) >= 11 is 0. The van der Waals surface area contributed by atoms with E-state index >= 15 is 0 Å².